The van der Waals surface area contributed by atoms with Crippen LogP contribution in [0, 0.1) is 5.82 Å². The van der Waals surface area contributed by atoms with Gasteiger partial charge in [-0.2, -0.15) is 0 Å². The normalized spacial score (nSPS) is 15.0. The van der Waals surface area contributed by atoms with Gasteiger partial charge in [0.05, 0.1) is 6.20 Å². The highest BCUT2D eigenvalue weighted by Gasteiger charge is 2.36. The zero-order valence-corrected chi connectivity index (χ0v) is 17.0. The molecule has 30 heavy (non-hydrogen) atoms. The van der Waals surface area contributed by atoms with E-state index < -0.39 is 17.8 Å². The Bertz CT molecular complexity index is 990. The largest absolute Gasteiger partial charge is 0.351 e. The second-order valence-electron chi connectivity index (χ2n) is 7.15. The van der Waals surface area contributed by atoms with Gasteiger partial charge in [-0.15, -0.1) is 11.3 Å². The van der Waals surface area contributed by atoms with Crippen molar-refractivity contribution in [3.63, 3.8) is 0 Å². The summed E-state index contributed by atoms with van der Waals surface area (Å²) in [5.74, 6) is -1.16. The fourth-order valence-corrected chi connectivity index (χ4v) is 4.50. The summed E-state index contributed by atoms with van der Waals surface area (Å²) in [5, 5.41) is 4.96. The molecule has 3 aromatic rings. The number of halogens is 1. The summed E-state index contributed by atoms with van der Waals surface area (Å²) in [4.78, 5) is 37.0. The molecule has 1 unspecified atom stereocenters. The number of nitrogens with zero attached hydrogens (tertiary/aromatic N) is 3. The lowest BCUT2D eigenvalue weighted by atomic mass is 10.1. The number of nitrogens with one attached hydrogen (secondary N) is 1. The van der Waals surface area contributed by atoms with Crippen LogP contribution in [0.15, 0.2) is 60.4 Å². The first-order chi connectivity index (χ1) is 14.6. The van der Waals surface area contributed by atoms with Crippen molar-refractivity contribution in [1.29, 1.82) is 0 Å². The Morgan fingerprint density at radius 3 is 2.53 bits per heavy atom. The van der Waals surface area contributed by atoms with Crippen LogP contribution in [0.3, 0.4) is 0 Å². The number of aromatic nitrogens is 2. The van der Waals surface area contributed by atoms with E-state index in [1.807, 2.05) is 17.5 Å². The maximum atomic E-state index is 13.6. The van der Waals surface area contributed by atoms with Gasteiger partial charge in [0.25, 0.3) is 5.91 Å². The SMILES string of the molecule is O=C(NC1CCCC1)C(c1cccs1)N(C(=O)c1cnccn1)c1ccc(F)cc1. The summed E-state index contributed by atoms with van der Waals surface area (Å²) in [6, 6.07) is 8.39. The van der Waals surface area contributed by atoms with Crippen molar-refractivity contribution in [3.05, 3.63) is 76.8 Å². The molecule has 0 bridgehead atoms. The molecule has 4 rings (SSSR count). The first kappa shape index (κ1) is 20.2. The number of benzene rings is 1. The molecular formula is C22H21FN4O2S. The molecule has 1 aliphatic rings. The summed E-state index contributed by atoms with van der Waals surface area (Å²) in [7, 11) is 0. The Kier molecular flexibility index (Phi) is 6.13. The smallest absolute Gasteiger partial charge is 0.279 e. The highest BCUT2D eigenvalue weighted by molar-refractivity contribution is 7.10. The second-order valence-corrected chi connectivity index (χ2v) is 8.13. The third-order valence-electron chi connectivity index (χ3n) is 5.13. The Balaban J connectivity index is 1.77. The lowest BCUT2D eigenvalue weighted by Gasteiger charge is -2.31. The molecule has 154 valence electrons. The van der Waals surface area contributed by atoms with E-state index in [1.54, 1.807) is 0 Å². The Morgan fingerprint density at radius 1 is 1.13 bits per heavy atom. The molecule has 2 amide bonds. The summed E-state index contributed by atoms with van der Waals surface area (Å²) < 4.78 is 13.6. The highest BCUT2D eigenvalue weighted by atomic mass is 32.1. The van der Waals surface area contributed by atoms with Gasteiger partial charge in [0.15, 0.2) is 6.04 Å². The predicted octanol–water partition coefficient (Wildman–Crippen LogP) is 4.12. The summed E-state index contributed by atoms with van der Waals surface area (Å²) in [5.41, 5.74) is 0.518. The maximum absolute atomic E-state index is 13.6. The lowest BCUT2D eigenvalue weighted by molar-refractivity contribution is -0.123. The average molecular weight is 425 g/mol. The van der Waals surface area contributed by atoms with Crippen LogP contribution in [0.2, 0.25) is 0 Å². The molecule has 1 saturated carbocycles. The molecule has 1 atom stereocenters. The van der Waals surface area contributed by atoms with Gasteiger partial charge in [0, 0.05) is 29.0 Å². The quantitative estimate of drug-likeness (QED) is 0.646. The molecule has 8 heteroatoms. The molecule has 1 N–H and O–H groups in total. The van der Waals surface area contributed by atoms with Crippen LogP contribution < -0.4 is 10.2 Å². The number of anilines is 1. The number of hydrogen-bond acceptors (Lipinski definition) is 5. The number of carbonyl (C=O) groups excluding carboxylic acids is 2. The van der Waals surface area contributed by atoms with Crippen LogP contribution in [0.25, 0.3) is 0 Å². The Labute approximate surface area is 177 Å². The van der Waals surface area contributed by atoms with Gasteiger partial charge in [0.1, 0.15) is 11.5 Å². The molecule has 0 spiro atoms. The third kappa shape index (κ3) is 4.38. The fourth-order valence-electron chi connectivity index (χ4n) is 3.69. The van der Waals surface area contributed by atoms with Gasteiger partial charge in [-0.1, -0.05) is 18.9 Å². The fraction of sp³-hybridized carbons (Fsp3) is 0.273. The van der Waals surface area contributed by atoms with E-state index in [0.29, 0.717) is 10.6 Å². The molecule has 0 saturated heterocycles. The minimum atomic E-state index is -0.898. The molecule has 6 nitrogen and oxygen atoms in total. The lowest BCUT2D eigenvalue weighted by Crippen LogP contribution is -2.46. The first-order valence-electron chi connectivity index (χ1n) is 9.82. The first-order valence-corrected chi connectivity index (χ1v) is 10.7. The third-order valence-corrected chi connectivity index (χ3v) is 6.05. The van der Waals surface area contributed by atoms with Crippen molar-refractivity contribution in [2.24, 2.45) is 0 Å². The second kappa shape index (κ2) is 9.13. The minimum Gasteiger partial charge on any atom is -0.351 e. The van der Waals surface area contributed by atoms with Gasteiger partial charge in [0.2, 0.25) is 5.91 Å². The number of carbonyl (C=O) groups is 2. The van der Waals surface area contributed by atoms with E-state index in [2.05, 4.69) is 15.3 Å². The van der Waals surface area contributed by atoms with Gasteiger partial charge >= 0.3 is 0 Å². The highest BCUT2D eigenvalue weighted by Crippen LogP contribution is 2.32. The number of amides is 2. The van der Waals surface area contributed by atoms with Crippen molar-refractivity contribution >= 4 is 28.8 Å². The minimum absolute atomic E-state index is 0.0987. The van der Waals surface area contributed by atoms with Gasteiger partial charge in [-0.25, -0.2) is 9.37 Å². The van der Waals surface area contributed by atoms with Crippen LogP contribution in [-0.2, 0) is 4.79 Å². The Hall–Kier alpha value is -3.13. The molecular weight excluding hydrogens is 403 g/mol. The van der Waals surface area contributed by atoms with E-state index >= 15 is 0 Å². The van der Waals surface area contributed by atoms with E-state index in [-0.39, 0.29) is 17.6 Å². The summed E-state index contributed by atoms with van der Waals surface area (Å²) in [6.07, 6.45) is 8.27. The molecule has 1 aromatic carbocycles. The average Bonchev–Trinajstić information content (AvgIpc) is 3.47. The standard InChI is InChI=1S/C22H21FN4O2S/c23-15-7-9-17(10-8-15)27(22(29)18-14-24-11-12-25-18)20(19-6-3-13-30-19)21(28)26-16-4-1-2-5-16/h3,6-14,16,20H,1-2,4-5H2,(H,26,28). The zero-order chi connectivity index (χ0) is 20.9. The maximum Gasteiger partial charge on any atom is 0.279 e. The molecule has 1 aliphatic carbocycles. The predicted molar refractivity (Wildman–Crippen MR) is 113 cm³/mol. The molecule has 2 heterocycles. The zero-order valence-electron chi connectivity index (χ0n) is 16.2. The van der Waals surface area contributed by atoms with Crippen LogP contribution >= 0.6 is 11.3 Å². The number of thiophene rings is 1. The molecule has 2 aromatic heterocycles. The van der Waals surface area contributed by atoms with Gasteiger partial charge in [-0.3, -0.25) is 19.5 Å². The van der Waals surface area contributed by atoms with E-state index in [9.17, 15) is 14.0 Å². The Morgan fingerprint density at radius 2 is 1.90 bits per heavy atom. The summed E-state index contributed by atoms with van der Waals surface area (Å²) >= 11 is 1.39. The molecule has 0 aliphatic heterocycles. The van der Waals surface area contributed by atoms with Crippen LogP contribution in [0.4, 0.5) is 10.1 Å². The van der Waals surface area contributed by atoms with Crippen molar-refractivity contribution in [3.8, 4) is 0 Å². The summed E-state index contributed by atoms with van der Waals surface area (Å²) in [6.45, 7) is 0. The number of rotatable bonds is 6. The van der Waals surface area contributed by atoms with Crippen LogP contribution in [-0.4, -0.2) is 27.8 Å². The topological polar surface area (TPSA) is 75.2 Å². The van der Waals surface area contributed by atoms with Crippen molar-refractivity contribution < 1.29 is 14.0 Å². The van der Waals surface area contributed by atoms with E-state index in [4.69, 9.17) is 0 Å². The molecule has 1 fully saturated rings. The number of hydrogen-bond donors (Lipinski definition) is 1. The van der Waals surface area contributed by atoms with Crippen molar-refractivity contribution in [1.82, 2.24) is 15.3 Å². The van der Waals surface area contributed by atoms with Crippen molar-refractivity contribution in [2.45, 2.75) is 37.8 Å². The monoisotopic (exact) mass is 424 g/mol. The van der Waals surface area contributed by atoms with Crippen molar-refractivity contribution in [2.75, 3.05) is 4.90 Å². The van der Waals surface area contributed by atoms with Crippen LogP contribution in [0.1, 0.15) is 47.1 Å². The van der Waals surface area contributed by atoms with E-state index in [1.165, 1.54) is 59.1 Å². The van der Waals surface area contributed by atoms with Crippen LogP contribution in [0.5, 0.6) is 0 Å². The van der Waals surface area contributed by atoms with Gasteiger partial charge < -0.3 is 5.32 Å². The van der Waals surface area contributed by atoms with Gasteiger partial charge in [-0.05, 0) is 48.6 Å². The molecule has 0 radical (unpaired) electrons. The van der Waals surface area contributed by atoms with E-state index in [0.717, 1.165) is 25.7 Å².